The summed E-state index contributed by atoms with van der Waals surface area (Å²) in [6.45, 7) is 1.38. The van der Waals surface area contributed by atoms with Gasteiger partial charge in [-0.1, -0.05) is 0 Å². The van der Waals surface area contributed by atoms with E-state index in [4.69, 9.17) is 0 Å². The van der Waals surface area contributed by atoms with Crippen LogP contribution >= 0.6 is 0 Å². The molecule has 0 radical (unpaired) electrons. The molecule has 0 unspecified atom stereocenters. The molecule has 0 spiro atoms. The first-order chi connectivity index (χ1) is 7.74. The Morgan fingerprint density at radius 3 is 2.47 bits per heavy atom. The van der Waals surface area contributed by atoms with Crippen LogP contribution in [0, 0.1) is 17.0 Å². The highest BCUT2D eigenvalue weighted by Gasteiger charge is 2.37. The lowest BCUT2D eigenvalue weighted by Crippen LogP contribution is -2.19. The molecule has 1 aromatic heterocycles. The predicted octanol–water partition coefficient (Wildman–Crippen LogP) is 2.21. The Morgan fingerprint density at radius 1 is 1.47 bits per heavy atom. The molecule has 0 amide bonds. The van der Waals surface area contributed by atoms with Gasteiger partial charge < -0.3 is 19.6 Å². The second kappa shape index (κ2) is 4.44. The molecule has 1 heterocycles. The van der Waals surface area contributed by atoms with E-state index >= 15 is 0 Å². The van der Waals surface area contributed by atoms with Gasteiger partial charge in [-0.2, -0.15) is 0 Å². The van der Waals surface area contributed by atoms with Crippen LogP contribution in [-0.4, -0.2) is 23.4 Å². The number of alkyl halides is 3. The van der Waals surface area contributed by atoms with Crippen molar-refractivity contribution in [3.8, 4) is 11.5 Å². The van der Waals surface area contributed by atoms with Crippen molar-refractivity contribution in [3.63, 3.8) is 0 Å². The molecule has 0 aromatic carbocycles. The summed E-state index contributed by atoms with van der Waals surface area (Å²) < 4.78 is 44.4. The van der Waals surface area contributed by atoms with Crippen LogP contribution in [0.4, 0.5) is 19.0 Å². The lowest BCUT2D eigenvalue weighted by atomic mass is 10.3. The molecule has 17 heavy (non-hydrogen) atoms. The molecule has 94 valence electrons. The largest absolute Gasteiger partial charge is 0.573 e. The van der Waals surface area contributed by atoms with Gasteiger partial charge in [0.15, 0.2) is 11.4 Å². The molecule has 0 atom stereocenters. The monoisotopic (exact) mass is 252 g/mol. The first-order valence-corrected chi connectivity index (χ1v) is 4.20. The van der Waals surface area contributed by atoms with Crippen LogP contribution in [0.5, 0.6) is 11.5 Å². The number of pyridine rings is 1. The molecule has 0 aliphatic heterocycles. The summed E-state index contributed by atoms with van der Waals surface area (Å²) in [5.41, 5.74) is 0.142. The molecule has 0 saturated carbocycles. The molecule has 0 saturated heterocycles. The number of aromatic nitrogens is 1. The molecule has 0 aliphatic carbocycles. The minimum atomic E-state index is -5.06. The minimum Gasteiger partial charge on any atom is -0.492 e. The number of nitro groups is 1. The maximum absolute atomic E-state index is 12.1. The molecule has 0 fully saturated rings. The predicted molar refractivity (Wildman–Crippen MR) is 48.9 cm³/mol. The maximum Gasteiger partial charge on any atom is 0.573 e. The van der Waals surface area contributed by atoms with Crippen molar-refractivity contribution in [2.45, 2.75) is 13.3 Å². The number of rotatable bonds is 3. The standard InChI is InChI=1S/C8H7F3N2O4/c1-4-3-5(16-2)6(17-8(9,10)11)7(12-4)13(14)15/h3H,1-2H3. The van der Waals surface area contributed by atoms with Crippen molar-refractivity contribution in [2.75, 3.05) is 7.11 Å². The summed E-state index contributed by atoms with van der Waals surface area (Å²) in [6, 6.07) is 1.11. The third kappa shape index (κ3) is 3.20. The highest BCUT2D eigenvalue weighted by atomic mass is 19.4. The van der Waals surface area contributed by atoms with Gasteiger partial charge in [0.2, 0.25) is 0 Å². The maximum atomic E-state index is 12.1. The average molecular weight is 252 g/mol. The van der Waals surface area contributed by atoms with Crippen molar-refractivity contribution in [1.82, 2.24) is 4.98 Å². The smallest absolute Gasteiger partial charge is 0.492 e. The zero-order valence-corrected chi connectivity index (χ0v) is 8.74. The molecular weight excluding hydrogens is 245 g/mol. The van der Waals surface area contributed by atoms with Crippen LogP contribution in [0.3, 0.4) is 0 Å². The van der Waals surface area contributed by atoms with Gasteiger partial charge in [0, 0.05) is 13.0 Å². The number of hydrogen-bond donors (Lipinski definition) is 0. The zero-order chi connectivity index (χ0) is 13.2. The van der Waals surface area contributed by atoms with Crippen LogP contribution < -0.4 is 9.47 Å². The van der Waals surface area contributed by atoms with Crippen molar-refractivity contribution in [2.24, 2.45) is 0 Å². The third-order valence-corrected chi connectivity index (χ3v) is 1.66. The normalized spacial score (nSPS) is 11.1. The number of methoxy groups -OCH3 is 1. The van der Waals surface area contributed by atoms with Gasteiger partial charge in [-0.15, -0.1) is 13.2 Å². The Hall–Kier alpha value is -2.06. The SMILES string of the molecule is COc1cc(C)nc([N+](=O)[O-])c1OC(F)(F)F. The fourth-order valence-corrected chi connectivity index (χ4v) is 1.10. The van der Waals surface area contributed by atoms with Crippen LogP contribution in [0.1, 0.15) is 5.69 Å². The summed E-state index contributed by atoms with van der Waals surface area (Å²) >= 11 is 0. The fraction of sp³-hybridized carbons (Fsp3) is 0.375. The number of halogens is 3. The van der Waals surface area contributed by atoms with Crippen LogP contribution in [0.2, 0.25) is 0 Å². The molecular formula is C8H7F3N2O4. The summed E-state index contributed by atoms with van der Waals surface area (Å²) in [7, 11) is 1.07. The Labute approximate surface area is 93.1 Å². The summed E-state index contributed by atoms with van der Waals surface area (Å²) in [6.07, 6.45) is -5.06. The van der Waals surface area contributed by atoms with E-state index in [2.05, 4.69) is 14.5 Å². The van der Waals surface area contributed by atoms with E-state index in [9.17, 15) is 23.3 Å². The summed E-state index contributed by atoms with van der Waals surface area (Å²) in [4.78, 5) is 12.9. The molecule has 0 N–H and O–H groups in total. The Balaban J connectivity index is 3.37. The van der Waals surface area contributed by atoms with Crippen molar-refractivity contribution in [3.05, 3.63) is 21.9 Å². The van der Waals surface area contributed by atoms with Gasteiger partial charge in [-0.05, 0) is 9.91 Å². The van der Waals surface area contributed by atoms with Crippen molar-refractivity contribution in [1.29, 1.82) is 0 Å². The van der Waals surface area contributed by atoms with E-state index in [1.807, 2.05) is 0 Å². The van der Waals surface area contributed by atoms with Crippen molar-refractivity contribution >= 4 is 5.82 Å². The lowest BCUT2D eigenvalue weighted by molar-refractivity contribution is -0.393. The van der Waals surface area contributed by atoms with Crippen LogP contribution in [0.25, 0.3) is 0 Å². The average Bonchev–Trinajstić information content (AvgIpc) is 2.17. The lowest BCUT2D eigenvalue weighted by Gasteiger charge is -2.11. The van der Waals surface area contributed by atoms with E-state index in [0.29, 0.717) is 0 Å². The Kier molecular flexibility index (Phi) is 3.39. The van der Waals surface area contributed by atoms with E-state index in [1.165, 1.54) is 6.92 Å². The van der Waals surface area contributed by atoms with Gasteiger partial charge >= 0.3 is 12.2 Å². The fourth-order valence-electron chi connectivity index (χ4n) is 1.10. The van der Waals surface area contributed by atoms with Gasteiger partial charge in [-0.3, -0.25) is 0 Å². The molecule has 0 aliphatic rings. The van der Waals surface area contributed by atoms with E-state index in [1.54, 1.807) is 0 Å². The third-order valence-electron chi connectivity index (χ3n) is 1.66. The number of hydrogen-bond acceptors (Lipinski definition) is 5. The molecule has 1 aromatic rings. The van der Waals surface area contributed by atoms with Gasteiger partial charge in [0.1, 0.15) is 0 Å². The minimum absolute atomic E-state index is 0.142. The molecule has 9 heteroatoms. The van der Waals surface area contributed by atoms with E-state index in [0.717, 1.165) is 13.2 Å². The Bertz CT molecular complexity index is 447. The first-order valence-electron chi connectivity index (χ1n) is 4.20. The quantitative estimate of drug-likeness (QED) is 0.609. The second-order valence-electron chi connectivity index (χ2n) is 2.92. The number of ether oxygens (including phenoxy) is 2. The summed E-state index contributed by atoms with van der Waals surface area (Å²) in [5.74, 6) is -2.50. The summed E-state index contributed by atoms with van der Waals surface area (Å²) in [5, 5.41) is 10.6. The molecule has 6 nitrogen and oxygen atoms in total. The Morgan fingerprint density at radius 2 is 2.06 bits per heavy atom. The van der Waals surface area contributed by atoms with Crippen LogP contribution in [-0.2, 0) is 0 Å². The highest BCUT2D eigenvalue weighted by molar-refractivity contribution is 5.52. The van der Waals surface area contributed by atoms with E-state index in [-0.39, 0.29) is 5.69 Å². The molecule has 1 rings (SSSR count). The van der Waals surface area contributed by atoms with Gasteiger partial charge in [-0.25, -0.2) is 0 Å². The van der Waals surface area contributed by atoms with E-state index < -0.39 is 28.6 Å². The highest BCUT2D eigenvalue weighted by Crippen LogP contribution is 2.39. The van der Waals surface area contributed by atoms with Crippen LogP contribution in [0.15, 0.2) is 6.07 Å². The second-order valence-corrected chi connectivity index (χ2v) is 2.92. The van der Waals surface area contributed by atoms with Crippen molar-refractivity contribution < 1.29 is 27.6 Å². The van der Waals surface area contributed by atoms with Gasteiger partial charge in [0.05, 0.1) is 7.11 Å². The number of nitrogens with zero attached hydrogens (tertiary/aromatic N) is 2. The van der Waals surface area contributed by atoms with Gasteiger partial charge in [0.25, 0.3) is 5.75 Å². The zero-order valence-electron chi connectivity index (χ0n) is 8.74. The topological polar surface area (TPSA) is 74.5 Å². The molecule has 0 bridgehead atoms. The first kappa shape index (κ1) is 13.0. The number of aryl methyl sites for hydroxylation is 1.